The molecule has 3 aromatic heterocycles. The average molecular weight is 436 g/mol. The monoisotopic (exact) mass is 436 g/mol. The molecule has 1 aromatic carbocycles. The fourth-order valence-electron chi connectivity index (χ4n) is 3.34. The third-order valence-electron chi connectivity index (χ3n) is 4.86. The first-order valence-corrected chi connectivity index (χ1v) is 9.68. The Morgan fingerprint density at radius 3 is 2.72 bits per heavy atom. The molecule has 0 saturated carbocycles. The van der Waals surface area contributed by atoms with Crippen LogP contribution in [0.4, 0.5) is 15.8 Å². The summed E-state index contributed by atoms with van der Waals surface area (Å²) in [7, 11) is 3.00. The number of nitrogens with one attached hydrogen (secondary N) is 3. The van der Waals surface area contributed by atoms with E-state index in [2.05, 4.69) is 35.2 Å². The van der Waals surface area contributed by atoms with Gasteiger partial charge >= 0.3 is 0 Å². The topological polar surface area (TPSA) is 147 Å². The minimum absolute atomic E-state index is 0.0726. The molecular weight excluding hydrogens is 415 g/mol. The second-order valence-corrected chi connectivity index (χ2v) is 6.98. The van der Waals surface area contributed by atoms with Gasteiger partial charge in [0.25, 0.3) is 5.56 Å². The van der Waals surface area contributed by atoms with E-state index in [-0.39, 0.29) is 22.6 Å². The zero-order valence-corrected chi connectivity index (χ0v) is 17.6. The summed E-state index contributed by atoms with van der Waals surface area (Å²) in [6, 6.07) is 4.13. The van der Waals surface area contributed by atoms with E-state index in [1.807, 2.05) is 6.92 Å². The van der Waals surface area contributed by atoms with Crippen molar-refractivity contribution in [1.82, 2.24) is 24.9 Å². The van der Waals surface area contributed by atoms with Crippen LogP contribution in [0.2, 0.25) is 0 Å². The lowest BCUT2D eigenvalue weighted by atomic mass is 10.1. The van der Waals surface area contributed by atoms with Crippen molar-refractivity contribution in [3.05, 3.63) is 58.3 Å². The van der Waals surface area contributed by atoms with E-state index in [1.165, 1.54) is 19.4 Å². The van der Waals surface area contributed by atoms with Crippen LogP contribution in [0, 0.1) is 5.82 Å². The minimum atomic E-state index is -0.582. The second-order valence-electron chi connectivity index (χ2n) is 6.98. The van der Waals surface area contributed by atoms with Crippen molar-refractivity contribution in [3.8, 4) is 17.1 Å². The van der Waals surface area contributed by atoms with Crippen molar-refractivity contribution < 1.29 is 9.13 Å². The van der Waals surface area contributed by atoms with Gasteiger partial charge in [-0.1, -0.05) is 0 Å². The number of aromatic nitrogens is 5. The normalized spacial score (nSPS) is 12.4. The third-order valence-corrected chi connectivity index (χ3v) is 4.86. The van der Waals surface area contributed by atoms with Crippen LogP contribution in [-0.2, 0) is 0 Å². The maximum atomic E-state index is 14.5. The number of aliphatic imine (C=N–C) groups is 1. The third kappa shape index (κ3) is 3.75. The van der Waals surface area contributed by atoms with E-state index in [9.17, 15) is 9.18 Å². The van der Waals surface area contributed by atoms with Crippen LogP contribution in [0.5, 0.6) is 5.75 Å². The van der Waals surface area contributed by atoms with Gasteiger partial charge in [-0.15, -0.1) is 0 Å². The van der Waals surface area contributed by atoms with Gasteiger partial charge in [-0.2, -0.15) is 0 Å². The number of nitrogens with zero attached hydrogens (tertiary/aromatic N) is 4. The lowest BCUT2D eigenvalue weighted by Gasteiger charge is -2.19. The summed E-state index contributed by atoms with van der Waals surface area (Å²) < 4.78 is 19.6. The number of pyridine rings is 1. The number of rotatable bonds is 6. The number of imidazole rings is 1. The van der Waals surface area contributed by atoms with Crippen LogP contribution in [0.15, 0.2) is 40.4 Å². The number of fused-ring (bicyclic) bond motifs is 1. The molecule has 10 nitrogen and oxygen atoms in total. The summed E-state index contributed by atoms with van der Waals surface area (Å²) in [6.07, 6.45) is 4.68. The SMILES string of the molecule is CN=Cc1[nH]c(=O)c(-c2nc3c(F)cc(OC)cc3[nH]2)c(N[C@@H](C)c2ncccn2)c1N. The number of benzene rings is 1. The number of hydrogen-bond acceptors (Lipinski definition) is 8. The van der Waals surface area contributed by atoms with Crippen LogP contribution in [-0.4, -0.2) is 45.3 Å². The molecule has 0 radical (unpaired) electrons. The molecular formula is C21H21FN8O2. The molecule has 5 N–H and O–H groups in total. The fourth-order valence-corrected chi connectivity index (χ4v) is 3.34. The predicted molar refractivity (Wildman–Crippen MR) is 121 cm³/mol. The van der Waals surface area contributed by atoms with Crippen molar-refractivity contribution in [2.45, 2.75) is 13.0 Å². The maximum absolute atomic E-state index is 14.5. The zero-order chi connectivity index (χ0) is 22.8. The van der Waals surface area contributed by atoms with Gasteiger partial charge in [0.05, 0.1) is 35.7 Å². The van der Waals surface area contributed by atoms with E-state index < -0.39 is 17.4 Å². The molecule has 0 aliphatic rings. The van der Waals surface area contributed by atoms with Crippen molar-refractivity contribution >= 4 is 28.6 Å². The summed E-state index contributed by atoms with van der Waals surface area (Å²) in [5.74, 6) is 0.385. The first kappa shape index (κ1) is 21.0. The highest BCUT2D eigenvalue weighted by Crippen LogP contribution is 2.34. The summed E-state index contributed by atoms with van der Waals surface area (Å²) in [4.78, 5) is 35.5. The predicted octanol–water partition coefficient (Wildman–Crippen LogP) is 2.66. The van der Waals surface area contributed by atoms with Gasteiger partial charge in [-0.25, -0.2) is 19.3 Å². The maximum Gasteiger partial charge on any atom is 0.261 e. The molecule has 0 bridgehead atoms. The Hall–Kier alpha value is -4.28. The van der Waals surface area contributed by atoms with E-state index >= 15 is 0 Å². The van der Waals surface area contributed by atoms with Gasteiger partial charge in [0.1, 0.15) is 28.5 Å². The Kier molecular flexibility index (Phi) is 5.54. The summed E-state index contributed by atoms with van der Waals surface area (Å²) in [6.45, 7) is 1.83. The molecule has 4 aromatic rings. The van der Waals surface area contributed by atoms with Gasteiger partial charge in [-0.3, -0.25) is 9.79 Å². The van der Waals surface area contributed by atoms with Gasteiger partial charge in [0.2, 0.25) is 0 Å². The Labute approximate surface area is 181 Å². The summed E-state index contributed by atoms with van der Waals surface area (Å²) >= 11 is 0. The highest BCUT2D eigenvalue weighted by Gasteiger charge is 2.23. The molecule has 164 valence electrons. The molecule has 0 spiro atoms. The summed E-state index contributed by atoms with van der Waals surface area (Å²) in [5, 5.41) is 3.20. The lowest BCUT2D eigenvalue weighted by Crippen LogP contribution is -2.21. The first-order valence-electron chi connectivity index (χ1n) is 9.68. The summed E-state index contributed by atoms with van der Waals surface area (Å²) in [5.41, 5.74) is 7.33. The average Bonchev–Trinajstić information content (AvgIpc) is 3.21. The van der Waals surface area contributed by atoms with Crippen LogP contribution in [0.25, 0.3) is 22.4 Å². The second kappa shape index (κ2) is 8.46. The number of halogens is 1. The molecule has 3 heterocycles. The van der Waals surface area contributed by atoms with E-state index in [0.717, 1.165) is 0 Å². The molecule has 0 aliphatic carbocycles. The first-order chi connectivity index (χ1) is 15.4. The quantitative estimate of drug-likeness (QED) is 0.340. The van der Waals surface area contributed by atoms with Crippen LogP contribution in [0.1, 0.15) is 24.5 Å². The number of nitrogen functional groups attached to an aromatic ring is 1. The Morgan fingerprint density at radius 2 is 2.03 bits per heavy atom. The molecule has 1 atom stereocenters. The smallest absolute Gasteiger partial charge is 0.261 e. The molecule has 32 heavy (non-hydrogen) atoms. The molecule has 0 aliphatic heterocycles. The fraction of sp³-hybridized carbons (Fsp3) is 0.190. The van der Waals surface area contributed by atoms with Gasteiger partial charge < -0.3 is 25.8 Å². The Bertz CT molecular complexity index is 1360. The van der Waals surface area contributed by atoms with Gasteiger partial charge in [0, 0.05) is 37.8 Å². The van der Waals surface area contributed by atoms with E-state index in [4.69, 9.17) is 10.5 Å². The number of methoxy groups -OCH3 is 1. The van der Waals surface area contributed by atoms with Gasteiger partial charge in [0.15, 0.2) is 5.82 Å². The number of aromatic amines is 2. The van der Waals surface area contributed by atoms with Crippen molar-refractivity contribution in [3.63, 3.8) is 0 Å². The molecule has 11 heteroatoms. The van der Waals surface area contributed by atoms with Crippen molar-refractivity contribution in [1.29, 1.82) is 0 Å². The number of H-pyrrole nitrogens is 2. The molecule has 4 rings (SSSR count). The lowest BCUT2D eigenvalue weighted by molar-refractivity contribution is 0.412. The largest absolute Gasteiger partial charge is 0.497 e. The van der Waals surface area contributed by atoms with Crippen molar-refractivity contribution in [2.75, 3.05) is 25.2 Å². The number of anilines is 2. The van der Waals surface area contributed by atoms with Crippen LogP contribution >= 0.6 is 0 Å². The number of nitrogens with two attached hydrogens (primary N) is 1. The highest BCUT2D eigenvalue weighted by atomic mass is 19.1. The molecule has 0 unspecified atom stereocenters. The minimum Gasteiger partial charge on any atom is -0.497 e. The molecule has 0 fully saturated rings. The molecule has 0 saturated heterocycles. The Morgan fingerprint density at radius 1 is 1.28 bits per heavy atom. The highest BCUT2D eigenvalue weighted by molar-refractivity contribution is 5.95. The van der Waals surface area contributed by atoms with E-state index in [1.54, 1.807) is 31.6 Å². The number of hydrogen-bond donors (Lipinski definition) is 4. The van der Waals surface area contributed by atoms with Crippen LogP contribution in [0.3, 0.4) is 0 Å². The molecule has 0 amide bonds. The standard InChI is InChI=1S/C21H21FN8O2/c1-10(19-25-5-4-6-26-19)27-18-15(21(31)29-14(9-24-2)16(18)23)20-28-13-8-11(32-3)7-12(22)17(13)30-20/h4-10H,23H2,1-3H3,(H,28,30)(H2,27,29,31)/t10-/m0/s1. The van der Waals surface area contributed by atoms with E-state index in [0.29, 0.717) is 28.5 Å². The van der Waals surface area contributed by atoms with Crippen molar-refractivity contribution in [2.24, 2.45) is 4.99 Å². The Balaban J connectivity index is 1.91. The number of ether oxygens (including phenoxy) is 1. The van der Waals surface area contributed by atoms with Gasteiger partial charge in [-0.05, 0) is 13.0 Å². The zero-order valence-electron chi connectivity index (χ0n) is 17.6. The van der Waals surface area contributed by atoms with Crippen LogP contribution < -0.4 is 21.3 Å².